The summed E-state index contributed by atoms with van der Waals surface area (Å²) in [7, 11) is 1.63. The molecule has 1 unspecified atom stereocenters. The third kappa shape index (κ3) is 1.78. The largest absolute Gasteiger partial charge is 0.494 e. The van der Waals surface area contributed by atoms with Gasteiger partial charge in [0.25, 0.3) is 0 Å². The van der Waals surface area contributed by atoms with E-state index in [1.54, 1.807) is 7.11 Å². The van der Waals surface area contributed by atoms with Gasteiger partial charge < -0.3 is 15.0 Å². The number of fused-ring (bicyclic) bond motifs is 3. The number of nitrogens with one attached hydrogen (secondary N) is 1. The van der Waals surface area contributed by atoms with Gasteiger partial charge in [-0.25, -0.2) is 0 Å². The fraction of sp³-hybridized carbons (Fsp3) is 0.533. The van der Waals surface area contributed by atoms with Gasteiger partial charge in [0, 0.05) is 6.54 Å². The molecule has 1 fully saturated rings. The summed E-state index contributed by atoms with van der Waals surface area (Å²) < 4.78 is 5.35. The van der Waals surface area contributed by atoms with Gasteiger partial charge in [-0.15, -0.1) is 0 Å². The molecule has 0 spiro atoms. The van der Waals surface area contributed by atoms with Gasteiger partial charge in [-0.3, -0.25) is 4.79 Å². The van der Waals surface area contributed by atoms with E-state index < -0.39 is 0 Å². The highest BCUT2D eigenvalue weighted by molar-refractivity contribution is 6.05. The van der Waals surface area contributed by atoms with Crippen molar-refractivity contribution in [2.24, 2.45) is 5.41 Å². The lowest BCUT2D eigenvalue weighted by atomic mass is 9.75. The lowest BCUT2D eigenvalue weighted by Crippen LogP contribution is -2.58. The van der Waals surface area contributed by atoms with E-state index in [1.165, 1.54) is 0 Å². The number of hydrogen-bond donors (Lipinski definition) is 1. The molecule has 1 atom stereocenters. The van der Waals surface area contributed by atoms with Gasteiger partial charge in [-0.1, -0.05) is 19.9 Å². The predicted molar refractivity (Wildman–Crippen MR) is 75.8 cm³/mol. The van der Waals surface area contributed by atoms with Gasteiger partial charge in [0.05, 0.1) is 12.8 Å². The number of rotatable bonds is 1. The maximum atomic E-state index is 12.5. The Kier molecular flexibility index (Phi) is 2.69. The van der Waals surface area contributed by atoms with Crippen LogP contribution in [0.5, 0.6) is 5.75 Å². The molecule has 4 heteroatoms. The molecule has 1 saturated heterocycles. The molecule has 0 aliphatic carbocycles. The van der Waals surface area contributed by atoms with Crippen molar-refractivity contribution < 1.29 is 9.53 Å². The zero-order chi connectivity index (χ0) is 13.6. The van der Waals surface area contributed by atoms with E-state index in [1.807, 2.05) is 12.1 Å². The van der Waals surface area contributed by atoms with Crippen molar-refractivity contribution in [2.75, 3.05) is 23.9 Å². The molecular formula is C15H20N2O2. The van der Waals surface area contributed by atoms with Crippen LogP contribution in [0.15, 0.2) is 18.2 Å². The van der Waals surface area contributed by atoms with Gasteiger partial charge in [0.1, 0.15) is 17.5 Å². The summed E-state index contributed by atoms with van der Waals surface area (Å²) in [6, 6.07) is 5.84. The molecule has 1 amide bonds. The summed E-state index contributed by atoms with van der Waals surface area (Å²) in [6.45, 7) is 5.28. The van der Waals surface area contributed by atoms with Gasteiger partial charge in [-0.05, 0) is 30.4 Å². The summed E-state index contributed by atoms with van der Waals surface area (Å²) >= 11 is 0. The van der Waals surface area contributed by atoms with E-state index in [-0.39, 0.29) is 17.4 Å². The molecule has 0 saturated carbocycles. The van der Waals surface area contributed by atoms with Crippen LogP contribution in [-0.4, -0.2) is 25.6 Å². The van der Waals surface area contributed by atoms with Gasteiger partial charge in [-0.2, -0.15) is 0 Å². The maximum Gasteiger partial charge on any atom is 0.247 e. The number of nitrogens with zero attached hydrogens (tertiary/aromatic N) is 1. The highest BCUT2D eigenvalue weighted by Gasteiger charge is 2.46. The van der Waals surface area contributed by atoms with E-state index in [4.69, 9.17) is 4.74 Å². The minimum atomic E-state index is -0.0825. The van der Waals surface area contributed by atoms with E-state index in [9.17, 15) is 4.79 Å². The quantitative estimate of drug-likeness (QED) is 0.844. The molecule has 102 valence electrons. The summed E-state index contributed by atoms with van der Waals surface area (Å²) in [6.07, 6.45) is 2.20. The number of anilines is 2. The first-order chi connectivity index (χ1) is 9.04. The van der Waals surface area contributed by atoms with Crippen LogP contribution in [0.3, 0.4) is 0 Å². The van der Waals surface area contributed by atoms with E-state index in [0.29, 0.717) is 0 Å². The molecule has 2 aliphatic rings. The monoisotopic (exact) mass is 260 g/mol. The van der Waals surface area contributed by atoms with E-state index in [2.05, 4.69) is 30.1 Å². The molecule has 2 aliphatic heterocycles. The normalized spacial score (nSPS) is 24.3. The second kappa shape index (κ2) is 4.15. The first kappa shape index (κ1) is 12.3. The first-order valence-electron chi connectivity index (χ1n) is 6.79. The van der Waals surface area contributed by atoms with Gasteiger partial charge >= 0.3 is 0 Å². The highest BCUT2D eigenvalue weighted by Crippen LogP contribution is 2.46. The third-order valence-electron chi connectivity index (χ3n) is 4.30. The molecule has 2 heterocycles. The standard InChI is InChI=1S/C15H20N2O2/c1-15(2)8-5-9-17-10-6-4-7-11(19-3)12(10)16-14(18)13(15)17/h4,6-7,13H,5,8-9H2,1-3H3,(H,16,18). The second-order valence-corrected chi connectivity index (χ2v) is 6.03. The summed E-state index contributed by atoms with van der Waals surface area (Å²) in [5.74, 6) is 0.814. The van der Waals surface area contributed by atoms with Crippen LogP contribution in [0.1, 0.15) is 26.7 Å². The van der Waals surface area contributed by atoms with Crippen LogP contribution in [0.25, 0.3) is 0 Å². The summed E-state index contributed by atoms with van der Waals surface area (Å²) in [5.41, 5.74) is 1.89. The van der Waals surface area contributed by atoms with Crippen molar-refractivity contribution in [3.8, 4) is 5.75 Å². The lowest BCUT2D eigenvalue weighted by Gasteiger charge is -2.49. The summed E-state index contributed by atoms with van der Waals surface area (Å²) in [5, 5.41) is 3.03. The third-order valence-corrected chi connectivity index (χ3v) is 4.30. The zero-order valence-electron chi connectivity index (χ0n) is 11.7. The van der Waals surface area contributed by atoms with Crippen LogP contribution in [-0.2, 0) is 4.79 Å². The number of piperidine rings is 1. The number of ether oxygens (including phenoxy) is 1. The molecular weight excluding hydrogens is 240 g/mol. The number of carbonyl (C=O) groups excluding carboxylic acids is 1. The number of hydrogen-bond acceptors (Lipinski definition) is 3. The molecule has 3 rings (SSSR count). The van der Waals surface area contributed by atoms with Crippen molar-refractivity contribution in [2.45, 2.75) is 32.7 Å². The molecule has 1 aromatic carbocycles. The van der Waals surface area contributed by atoms with Crippen molar-refractivity contribution in [1.29, 1.82) is 0 Å². The smallest absolute Gasteiger partial charge is 0.247 e. The summed E-state index contributed by atoms with van der Waals surface area (Å²) in [4.78, 5) is 14.7. The minimum Gasteiger partial charge on any atom is -0.494 e. The average molecular weight is 260 g/mol. The molecule has 0 bridgehead atoms. The van der Waals surface area contributed by atoms with E-state index in [0.717, 1.165) is 36.5 Å². The highest BCUT2D eigenvalue weighted by atomic mass is 16.5. The minimum absolute atomic E-state index is 0.00308. The Morgan fingerprint density at radius 3 is 2.95 bits per heavy atom. The fourth-order valence-electron chi connectivity index (χ4n) is 3.39. The predicted octanol–water partition coefficient (Wildman–Crippen LogP) is 2.64. The lowest BCUT2D eigenvalue weighted by molar-refractivity contribution is -0.120. The second-order valence-electron chi connectivity index (χ2n) is 6.03. The Morgan fingerprint density at radius 1 is 1.42 bits per heavy atom. The molecule has 0 aromatic heterocycles. The number of methoxy groups -OCH3 is 1. The van der Waals surface area contributed by atoms with Crippen molar-refractivity contribution in [3.63, 3.8) is 0 Å². The number of amides is 1. The van der Waals surface area contributed by atoms with Crippen LogP contribution in [0.4, 0.5) is 11.4 Å². The van der Waals surface area contributed by atoms with Crippen LogP contribution < -0.4 is 15.0 Å². The Labute approximate surface area is 113 Å². The molecule has 1 aromatic rings. The maximum absolute atomic E-state index is 12.5. The topological polar surface area (TPSA) is 41.6 Å². The number of carbonyl (C=O) groups is 1. The zero-order valence-corrected chi connectivity index (χ0v) is 11.7. The molecule has 1 N–H and O–H groups in total. The Balaban J connectivity index is 2.11. The molecule has 0 radical (unpaired) electrons. The van der Waals surface area contributed by atoms with Crippen LogP contribution in [0, 0.1) is 5.41 Å². The first-order valence-corrected chi connectivity index (χ1v) is 6.79. The molecule has 4 nitrogen and oxygen atoms in total. The van der Waals surface area contributed by atoms with E-state index >= 15 is 0 Å². The Bertz CT molecular complexity index is 525. The fourth-order valence-corrected chi connectivity index (χ4v) is 3.39. The van der Waals surface area contributed by atoms with Gasteiger partial charge in [0.2, 0.25) is 5.91 Å². The average Bonchev–Trinajstić information content (AvgIpc) is 2.37. The Morgan fingerprint density at radius 2 is 2.21 bits per heavy atom. The number of para-hydroxylation sites is 1. The number of benzene rings is 1. The van der Waals surface area contributed by atoms with Crippen LogP contribution >= 0.6 is 0 Å². The molecule has 19 heavy (non-hydrogen) atoms. The van der Waals surface area contributed by atoms with Crippen molar-refractivity contribution in [3.05, 3.63) is 18.2 Å². The van der Waals surface area contributed by atoms with Crippen LogP contribution in [0.2, 0.25) is 0 Å². The van der Waals surface area contributed by atoms with Crippen molar-refractivity contribution in [1.82, 2.24) is 0 Å². The Hall–Kier alpha value is -1.71. The van der Waals surface area contributed by atoms with Gasteiger partial charge in [0.15, 0.2) is 0 Å². The SMILES string of the molecule is COc1cccc2c1NC(=O)C1N2CCCC1(C)C. The van der Waals surface area contributed by atoms with Crippen molar-refractivity contribution >= 4 is 17.3 Å².